The Bertz CT molecular complexity index is 571. The number of rotatable bonds is 2. The molecule has 0 aromatic heterocycles. The third-order valence-corrected chi connectivity index (χ3v) is 7.89. The molecule has 3 saturated carbocycles. The van der Waals surface area contributed by atoms with Crippen LogP contribution in [0.3, 0.4) is 0 Å². The first-order valence-electron chi connectivity index (χ1n) is 10.3. The summed E-state index contributed by atoms with van der Waals surface area (Å²) < 4.78 is 5.01. The van der Waals surface area contributed by atoms with E-state index in [0.717, 1.165) is 37.8 Å². The van der Waals surface area contributed by atoms with Crippen molar-refractivity contribution in [2.24, 2.45) is 23.2 Å². The molecule has 1 atom stereocenters. The summed E-state index contributed by atoms with van der Waals surface area (Å²) in [7, 11) is 0. The molecule has 2 spiro atoms. The van der Waals surface area contributed by atoms with Crippen molar-refractivity contribution in [2.45, 2.75) is 69.7 Å². The van der Waals surface area contributed by atoms with Gasteiger partial charge in [0.15, 0.2) is 0 Å². The number of carbonyl (C=O) groups excluding carboxylic acids is 2. The van der Waals surface area contributed by atoms with Crippen LogP contribution in [-0.4, -0.2) is 42.1 Å². The third-order valence-electron chi connectivity index (χ3n) is 7.89. The van der Waals surface area contributed by atoms with E-state index in [0.29, 0.717) is 17.9 Å². The fraction of sp³-hybridized carbons (Fsp3) is 0.900. The van der Waals surface area contributed by atoms with E-state index in [-0.39, 0.29) is 17.6 Å². The van der Waals surface area contributed by atoms with Crippen molar-refractivity contribution in [1.29, 1.82) is 0 Å². The van der Waals surface area contributed by atoms with Crippen molar-refractivity contribution in [3.8, 4) is 0 Å². The minimum Gasteiger partial charge on any atom is -0.447 e. The lowest BCUT2D eigenvalue weighted by atomic mass is 9.67. The van der Waals surface area contributed by atoms with Crippen LogP contribution < -0.4 is 5.32 Å². The molecule has 0 aromatic rings. The largest absolute Gasteiger partial charge is 0.447 e. The standard InChI is InChI=1S/C20H30N2O3/c23-17(16-9-20(10-16)13-25-18(24)21-20)22-11-19(12-22)7-6-15(8-19)14-4-2-1-3-5-14/h14-16H,1-13H2,(H,21,24). The van der Waals surface area contributed by atoms with E-state index >= 15 is 0 Å². The number of amides is 2. The van der Waals surface area contributed by atoms with Gasteiger partial charge >= 0.3 is 6.09 Å². The Morgan fingerprint density at radius 2 is 1.80 bits per heavy atom. The fourth-order valence-electron chi connectivity index (χ4n) is 6.49. The van der Waals surface area contributed by atoms with Gasteiger partial charge in [-0.1, -0.05) is 32.1 Å². The van der Waals surface area contributed by atoms with Crippen LogP contribution >= 0.6 is 0 Å². The normalized spacial score (nSPS) is 39.8. The molecule has 5 heteroatoms. The number of likely N-dealkylation sites (tertiary alicyclic amines) is 1. The van der Waals surface area contributed by atoms with Gasteiger partial charge in [-0.05, 0) is 43.9 Å². The molecule has 138 valence electrons. The maximum absolute atomic E-state index is 12.7. The van der Waals surface area contributed by atoms with Crippen molar-refractivity contribution in [3.63, 3.8) is 0 Å². The van der Waals surface area contributed by atoms with Gasteiger partial charge in [0.05, 0.1) is 5.54 Å². The molecule has 25 heavy (non-hydrogen) atoms. The minimum atomic E-state index is -0.325. The Kier molecular flexibility index (Phi) is 3.58. The molecule has 2 aliphatic heterocycles. The zero-order valence-electron chi connectivity index (χ0n) is 15.1. The van der Waals surface area contributed by atoms with Crippen molar-refractivity contribution in [3.05, 3.63) is 0 Å². The summed E-state index contributed by atoms with van der Waals surface area (Å²) in [5, 5.41) is 2.89. The van der Waals surface area contributed by atoms with Crippen molar-refractivity contribution < 1.29 is 14.3 Å². The summed E-state index contributed by atoms with van der Waals surface area (Å²) in [6.07, 6.45) is 12.5. The summed E-state index contributed by atoms with van der Waals surface area (Å²) in [5.74, 6) is 2.30. The van der Waals surface area contributed by atoms with Gasteiger partial charge < -0.3 is 15.0 Å². The number of cyclic esters (lactones) is 1. The smallest absolute Gasteiger partial charge is 0.407 e. The SMILES string of the molecule is O=C1NC2(CO1)CC(C(=O)N1CC3(CCC(C4CCCCC4)C3)C1)C2. The van der Waals surface area contributed by atoms with E-state index in [9.17, 15) is 9.59 Å². The van der Waals surface area contributed by atoms with Crippen LogP contribution in [0.5, 0.6) is 0 Å². The van der Waals surface area contributed by atoms with Crippen LogP contribution in [0, 0.1) is 23.2 Å². The summed E-state index contributed by atoms with van der Waals surface area (Å²) in [4.78, 5) is 26.1. The van der Waals surface area contributed by atoms with E-state index in [4.69, 9.17) is 4.74 Å². The van der Waals surface area contributed by atoms with E-state index in [1.54, 1.807) is 0 Å². The van der Waals surface area contributed by atoms with E-state index in [1.807, 2.05) is 0 Å². The summed E-state index contributed by atoms with van der Waals surface area (Å²) in [5.41, 5.74) is 0.212. The Balaban J connectivity index is 1.11. The quantitative estimate of drug-likeness (QED) is 0.836. The minimum absolute atomic E-state index is 0.0925. The van der Waals surface area contributed by atoms with Crippen molar-refractivity contribution in [2.75, 3.05) is 19.7 Å². The Hall–Kier alpha value is -1.26. The molecular weight excluding hydrogens is 316 g/mol. The number of ether oxygens (including phenoxy) is 1. The maximum atomic E-state index is 12.7. The molecule has 2 heterocycles. The zero-order chi connectivity index (χ0) is 17.1. The predicted octanol–water partition coefficient (Wildman–Crippen LogP) is 3.08. The van der Waals surface area contributed by atoms with Crippen LogP contribution in [0.2, 0.25) is 0 Å². The van der Waals surface area contributed by atoms with E-state index in [2.05, 4.69) is 10.2 Å². The van der Waals surface area contributed by atoms with Crippen molar-refractivity contribution in [1.82, 2.24) is 10.2 Å². The van der Waals surface area contributed by atoms with Crippen LogP contribution in [0.1, 0.15) is 64.2 Å². The Labute approximate surface area is 149 Å². The molecule has 0 radical (unpaired) electrons. The number of nitrogens with one attached hydrogen (secondary N) is 1. The maximum Gasteiger partial charge on any atom is 0.407 e. The second kappa shape index (κ2) is 5.62. The first kappa shape index (κ1) is 16.0. The van der Waals surface area contributed by atoms with Crippen molar-refractivity contribution >= 4 is 12.0 Å². The lowest BCUT2D eigenvalue weighted by Crippen LogP contribution is -2.63. The molecule has 1 N–H and O–H groups in total. The highest BCUT2D eigenvalue weighted by Gasteiger charge is 2.57. The number of alkyl carbamates (subject to hydrolysis) is 1. The number of nitrogens with zero attached hydrogens (tertiary/aromatic N) is 1. The molecule has 5 rings (SSSR count). The van der Waals surface area contributed by atoms with Gasteiger partial charge in [0, 0.05) is 24.4 Å². The monoisotopic (exact) mass is 346 g/mol. The second-order valence-corrected chi connectivity index (χ2v) is 9.68. The van der Waals surface area contributed by atoms with Crippen LogP contribution in [-0.2, 0) is 9.53 Å². The predicted molar refractivity (Wildman–Crippen MR) is 92.9 cm³/mol. The van der Waals surface area contributed by atoms with Gasteiger partial charge in [-0.2, -0.15) is 0 Å². The molecule has 2 amide bonds. The van der Waals surface area contributed by atoms with Gasteiger partial charge in [0.25, 0.3) is 0 Å². The molecule has 5 fully saturated rings. The number of carbonyl (C=O) groups is 2. The highest BCUT2D eigenvalue weighted by molar-refractivity contribution is 5.82. The fourth-order valence-corrected chi connectivity index (χ4v) is 6.49. The molecule has 5 nitrogen and oxygen atoms in total. The average molecular weight is 346 g/mol. The zero-order valence-corrected chi connectivity index (χ0v) is 15.1. The molecule has 0 aromatic carbocycles. The van der Waals surface area contributed by atoms with Gasteiger partial charge in [-0.3, -0.25) is 4.79 Å². The lowest BCUT2D eigenvalue weighted by molar-refractivity contribution is -0.153. The highest BCUT2D eigenvalue weighted by atomic mass is 16.6. The lowest BCUT2D eigenvalue weighted by Gasteiger charge is -2.52. The topological polar surface area (TPSA) is 58.6 Å². The van der Waals surface area contributed by atoms with Gasteiger partial charge in [0.1, 0.15) is 6.61 Å². The van der Waals surface area contributed by atoms with Crippen LogP contribution in [0.25, 0.3) is 0 Å². The third kappa shape index (κ3) is 2.65. The van der Waals surface area contributed by atoms with Gasteiger partial charge in [-0.25, -0.2) is 4.79 Å². The van der Waals surface area contributed by atoms with Gasteiger partial charge in [0.2, 0.25) is 5.91 Å². The molecule has 0 bridgehead atoms. The Morgan fingerprint density at radius 1 is 1.04 bits per heavy atom. The van der Waals surface area contributed by atoms with Crippen LogP contribution in [0.15, 0.2) is 0 Å². The second-order valence-electron chi connectivity index (χ2n) is 9.68. The van der Waals surface area contributed by atoms with Crippen LogP contribution in [0.4, 0.5) is 4.79 Å². The van der Waals surface area contributed by atoms with E-state index < -0.39 is 0 Å². The van der Waals surface area contributed by atoms with E-state index in [1.165, 1.54) is 51.4 Å². The molecule has 2 saturated heterocycles. The molecular formula is C20H30N2O3. The average Bonchev–Trinajstić information content (AvgIpc) is 3.17. The van der Waals surface area contributed by atoms with Gasteiger partial charge in [-0.15, -0.1) is 0 Å². The number of hydrogen-bond donors (Lipinski definition) is 1. The summed E-state index contributed by atoms with van der Waals surface area (Å²) >= 11 is 0. The molecule has 1 unspecified atom stereocenters. The first-order chi connectivity index (χ1) is 12.1. The summed E-state index contributed by atoms with van der Waals surface area (Å²) in [6.45, 7) is 2.41. The molecule has 3 aliphatic carbocycles. The molecule has 5 aliphatic rings. The summed E-state index contributed by atoms with van der Waals surface area (Å²) in [6, 6.07) is 0. The Morgan fingerprint density at radius 3 is 2.48 bits per heavy atom. The highest BCUT2D eigenvalue weighted by Crippen LogP contribution is 2.53. The first-order valence-corrected chi connectivity index (χ1v) is 10.3. The number of hydrogen-bond acceptors (Lipinski definition) is 3.